The summed E-state index contributed by atoms with van der Waals surface area (Å²) in [6.07, 6.45) is 10.8. The largest absolute Gasteiger partial charge is 0.378 e. The molecule has 40 heavy (non-hydrogen) atoms. The summed E-state index contributed by atoms with van der Waals surface area (Å²) in [5.74, 6) is 0.870. The summed E-state index contributed by atoms with van der Waals surface area (Å²) in [6.45, 7) is 1.89. The van der Waals surface area contributed by atoms with E-state index >= 15 is 0 Å². The first-order valence-electron chi connectivity index (χ1n) is 13.8. The van der Waals surface area contributed by atoms with Gasteiger partial charge in [0.05, 0.1) is 23.5 Å². The van der Waals surface area contributed by atoms with Crippen LogP contribution in [0.25, 0.3) is 0 Å². The number of benzene rings is 2. The summed E-state index contributed by atoms with van der Waals surface area (Å²) < 4.78 is 4.37. The van der Waals surface area contributed by atoms with Crippen LogP contribution in [0.4, 0.5) is 34.3 Å². The van der Waals surface area contributed by atoms with E-state index in [1.54, 1.807) is 0 Å². The van der Waals surface area contributed by atoms with Gasteiger partial charge in [0, 0.05) is 58.1 Å². The first-order chi connectivity index (χ1) is 19.5. The van der Waals surface area contributed by atoms with Crippen molar-refractivity contribution in [2.24, 2.45) is 20.5 Å². The molecular weight excluding hydrogens is 496 g/mol. The molecule has 0 N–H and O–H groups in total. The number of azo groups is 2. The van der Waals surface area contributed by atoms with Crippen molar-refractivity contribution in [3.8, 4) is 0 Å². The van der Waals surface area contributed by atoms with Gasteiger partial charge in [0.1, 0.15) is 17.9 Å². The van der Waals surface area contributed by atoms with Crippen LogP contribution >= 0.6 is 0 Å². The predicted molar refractivity (Wildman–Crippen MR) is 162 cm³/mol. The van der Waals surface area contributed by atoms with Gasteiger partial charge >= 0.3 is 5.82 Å². The fraction of sp³-hybridized carbons (Fsp3) is 0.312. The van der Waals surface area contributed by atoms with Crippen LogP contribution in [0.5, 0.6) is 0 Å². The highest BCUT2D eigenvalue weighted by molar-refractivity contribution is 5.52. The summed E-state index contributed by atoms with van der Waals surface area (Å²) >= 11 is 0. The maximum absolute atomic E-state index is 4.51. The Morgan fingerprint density at radius 3 is 1.73 bits per heavy atom. The summed E-state index contributed by atoms with van der Waals surface area (Å²) in [6, 6.07) is 26.2. The quantitative estimate of drug-likeness (QED) is 0.101. The molecule has 0 aliphatic rings. The number of nitrogens with zero attached hydrogens (tertiary/aromatic N) is 8. The first kappa shape index (κ1) is 28.5. The molecule has 0 aliphatic heterocycles. The van der Waals surface area contributed by atoms with Gasteiger partial charge in [-0.15, -0.1) is 5.11 Å². The van der Waals surface area contributed by atoms with Crippen LogP contribution < -0.4 is 18.9 Å². The highest BCUT2D eigenvalue weighted by Gasteiger charge is 2.09. The molecule has 0 bridgehead atoms. The molecule has 2 aromatic heterocycles. The van der Waals surface area contributed by atoms with Crippen molar-refractivity contribution < 1.29 is 9.13 Å². The van der Waals surface area contributed by atoms with Gasteiger partial charge in [0.25, 0.3) is 0 Å². The zero-order chi connectivity index (χ0) is 28.2. The Morgan fingerprint density at radius 1 is 0.525 bits per heavy atom. The Bertz CT molecular complexity index is 1390. The number of hydrogen-bond donors (Lipinski definition) is 0. The van der Waals surface area contributed by atoms with Crippen LogP contribution in [0.1, 0.15) is 25.7 Å². The predicted octanol–water partition coefficient (Wildman–Crippen LogP) is 7.49. The van der Waals surface area contributed by atoms with Crippen LogP contribution in [-0.2, 0) is 13.1 Å². The molecule has 4 aromatic rings. The molecule has 0 amide bonds. The lowest BCUT2D eigenvalue weighted by Crippen LogP contribution is -2.33. The van der Waals surface area contributed by atoms with Crippen LogP contribution in [-0.4, -0.2) is 28.2 Å². The second kappa shape index (κ2) is 14.6. The van der Waals surface area contributed by atoms with Gasteiger partial charge in [0.2, 0.25) is 0 Å². The summed E-state index contributed by atoms with van der Waals surface area (Å²) in [5.41, 5.74) is 4.84. The summed E-state index contributed by atoms with van der Waals surface area (Å²) in [4.78, 5) is 4.14. The number of unbranched alkanes of at least 4 members (excludes halogenated alkanes) is 3. The molecule has 0 unspecified atom stereocenters. The summed E-state index contributed by atoms with van der Waals surface area (Å²) in [7, 11) is 8.11. The minimum absolute atomic E-state index is 0.848. The number of aryl methyl sites for hydroxylation is 2. The lowest BCUT2D eigenvalue weighted by Gasteiger charge is -2.11. The van der Waals surface area contributed by atoms with Crippen molar-refractivity contribution >= 4 is 34.3 Å². The minimum atomic E-state index is 0.848. The molecule has 0 saturated heterocycles. The van der Waals surface area contributed by atoms with E-state index in [0.29, 0.717) is 0 Å². The van der Waals surface area contributed by atoms with Crippen molar-refractivity contribution in [2.75, 3.05) is 38.0 Å². The third kappa shape index (κ3) is 8.80. The van der Waals surface area contributed by atoms with E-state index in [2.05, 4.69) is 70.1 Å². The molecule has 206 valence electrons. The smallest absolute Gasteiger partial charge is 0.350 e. The zero-order valence-corrected chi connectivity index (χ0v) is 24.1. The Balaban J connectivity index is 1.21. The number of aromatic nitrogens is 2. The van der Waals surface area contributed by atoms with Crippen LogP contribution in [0.3, 0.4) is 0 Å². The second-order valence-corrected chi connectivity index (χ2v) is 10.2. The Labute approximate surface area is 238 Å². The van der Waals surface area contributed by atoms with Crippen molar-refractivity contribution in [3.05, 3.63) is 97.5 Å². The van der Waals surface area contributed by atoms with Gasteiger partial charge in [-0.3, -0.25) is 0 Å². The van der Waals surface area contributed by atoms with Crippen molar-refractivity contribution in [3.63, 3.8) is 0 Å². The molecule has 0 aliphatic carbocycles. The van der Waals surface area contributed by atoms with Gasteiger partial charge in [-0.05, 0) is 85.0 Å². The highest BCUT2D eigenvalue weighted by Crippen LogP contribution is 2.21. The molecule has 2 aromatic carbocycles. The topological polar surface area (TPSA) is 63.7 Å². The van der Waals surface area contributed by atoms with Crippen molar-refractivity contribution in [1.82, 2.24) is 0 Å². The van der Waals surface area contributed by atoms with E-state index in [1.165, 1.54) is 6.42 Å². The fourth-order valence-corrected chi connectivity index (χ4v) is 4.24. The molecule has 8 heteroatoms. The average Bonchev–Trinajstić information content (AvgIpc) is 2.98. The fourth-order valence-electron chi connectivity index (χ4n) is 4.24. The van der Waals surface area contributed by atoms with E-state index in [4.69, 9.17) is 0 Å². The highest BCUT2D eigenvalue weighted by atomic mass is 15.2. The molecule has 2 heterocycles. The number of rotatable bonds is 13. The van der Waals surface area contributed by atoms with Crippen LogP contribution in [0, 0.1) is 0 Å². The number of anilines is 2. The normalized spacial score (nSPS) is 11.4. The van der Waals surface area contributed by atoms with E-state index in [-0.39, 0.29) is 0 Å². The van der Waals surface area contributed by atoms with Gasteiger partial charge < -0.3 is 9.80 Å². The maximum Gasteiger partial charge on any atom is 0.350 e. The lowest BCUT2D eigenvalue weighted by atomic mass is 10.2. The average molecular weight is 537 g/mol. The molecule has 4 rings (SSSR count). The zero-order valence-electron chi connectivity index (χ0n) is 24.1. The third-order valence-corrected chi connectivity index (χ3v) is 6.61. The maximum atomic E-state index is 4.51. The molecule has 0 atom stereocenters. The van der Waals surface area contributed by atoms with Gasteiger partial charge in [-0.2, -0.15) is 5.11 Å². The van der Waals surface area contributed by atoms with E-state index in [0.717, 1.165) is 66.6 Å². The Hall–Kier alpha value is -4.46. The van der Waals surface area contributed by atoms with Gasteiger partial charge in [-0.1, -0.05) is 6.07 Å². The number of hydrogen-bond acceptors (Lipinski definition) is 6. The molecule has 8 nitrogen and oxygen atoms in total. The van der Waals surface area contributed by atoms with E-state index < -0.39 is 0 Å². The van der Waals surface area contributed by atoms with Crippen molar-refractivity contribution in [1.29, 1.82) is 0 Å². The van der Waals surface area contributed by atoms with Gasteiger partial charge in [-0.25, -0.2) is 9.13 Å². The SMILES string of the molecule is CN(C)c1ccc(N=Nc2ccc[n+](CCCCCC[n+]3ccccc3N=Nc3ccc(N(C)C)cc3)c2)cc1. The lowest BCUT2D eigenvalue weighted by molar-refractivity contribution is -0.697. The molecule has 0 saturated carbocycles. The molecular formula is C32H40N8+2. The molecule has 0 fully saturated rings. The third-order valence-electron chi connectivity index (χ3n) is 6.61. The monoisotopic (exact) mass is 536 g/mol. The second-order valence-electron chi connectivity index (χ2n) is 10.2. The van der Waals surface area contributed by atoms with Crippen LogP contribution in [0.15, 0.2) is 118 Å². The Morgan fingerprint density at radius 2 is 1.10 bits per heavy atom. The van der Waals surface area contributed by atoms with Crippen molar-refractivity contribution in [2.45, 2.75) is 38.8 Å². The van der Waals surface area contributed by atoms with Crippen LogP contribution in [0.2, 0.25) is 0 Å². The number of pyridine rings is 2. The standard InChI is InChI=1S/C32H40N8/c1-37(2)30-18-14-27(15-19-30)33-35-29-12-11-23-39(26-29)22-8-5-6-9-24-40-25-10-7-13-32(40)36-34-28-16-20-31(21-17-28)38(3)4/h7,10-21,23,25-26H,5-6,8-9,22,24H2,1-4H3/q+2. The van der Waals surface area contributed by atoms with E-state index in [9.17, 15) is 0 Å². The molecule has 0 spiro atoms. The first-order valence-corrected chi connectivity index (χ1v) is 13.8. The summed E-state index contributed by atoms with van der Waals surface area (Å²) in [5, 5.41) is 17.8. The minimum Gasteiger partial charge on any atom is -0.378 e. The van der Waals surface area contributed by atoms with Gasteiger partial charge in [0.15, 0.2) is 12.4 Å². The van der Waals surface area contributed by atoms with E-state index in [1.807, 2.05) is 94.9 Å². The Kier molecular flexibility index (Phi) is 10.4. The molecule has 0 radical (unpaired) electrons.